The first-order valence-electron chi connectivity index (χ1n) is 5.54. The Kier molecular flexibility index (Phi) is 6.00. The highest BCUT2D eigenvalue weighted by Crippen LogP contribution is 2.02. The molecule has 3 nitrogen and oxygen atoms in total. The van der Waals surface area contributed by atoms with E-state index in [1.165, 1.54) is 5.56 Å². The van der Waals surface area contributed by atoms with E-state index in [2.05, 4.69) is 29.6 Å². The lowest BCUT2D eigenvalue weighted by Gasteiger charge is -2.16. The molecule has 5 N–H and O–H groups in total. The first-order valence-corrected chi connectivity index (χ1v) is 5.54. The molecule has 1 unspecified atom stereocenters. The monoisotopic (exact) mass is 207 g/mol. The minimum atomic E-state index is 0.360. The van der Waals surface area contributed by atoms with Gasteiger partial charge in [0, 0.05) is 12.6 Å². The molecular weight excluding hydrogens is 186 g/mol. The molecule has 0 spiro atoms. The van der Waals surface area contributed by atoms with Crippen LogP contribution in [-0.4, -0.2) is 25.7 Å². The smallest absolute Gasteiger partial charge is 0.0230 e. The zero-order valence-electron chi connectivity index (χ0n) is 9.15. The molecule has 0 bridgehead atoms. The van der Waals surface area contributed by atoms with Gasteiger partial charge in [0.05, 0.1) is 0 Å². The maximum atomic E-state index is 5.71. The molecule has 0 fully saturated rings. The normalized spacial score (nSPS) is 12.7. The Balaban J connectivity index is 2.33. The third-order valence-corrected chi connectivity index (χ3v) is 2.42. The molecule has 1 aromatic rings. The zero-order chi connectivity index (χ0) is 10.9. The van der Waals surface area contributed by atoms with Gasteiger partial charge in [-0.25, -0.2) is 0 Å². The SMILES string of the molecule is NCCCNC(CN)Cc1ccccc1. The highest BCUT2D eigenvalue weighted by atomic mass is 14.9. The van der Waals surface area contributed by atoms with E-state index < -0.39 is 0 Å². The van der Waals surface area contributed by atoms with E-state index in [9.17, 15) is 0 Å². The molecule has 1 atom stereocenters. The third kappa shape index (κ3) is 4.93. The fourth-order valence-electron chi connectivity index (χ4n) is 1.55. The maximum absolute atomic E-state index is 5.71. The van der Waals surface area contributed by atoms with E-state index in [1.807, 2.05) is 6.07 Å². The van der Waals surface area contributed by atoms with Gasteiger partial charge in [0.25, 0.3) is 0 Å². The van der Waals surface area contributed by atoms with Gasteiger partial charge >= 0.3 is 0 Å². The predicted octanol–water partition coefficient (Wildman–Crippen LogP) is 0.495. The van der Waals surface area contributed by atoms with Gasteiger partial charge in [0.1, 0.15) is 0 Å². The van der Waals surface area contributed by atoms with Crippen molar-refractivity contribution in [1.29, 1.82) is 0 Å². The van der Waals surface area contributed by atoms with E-state index in [0.29, 0.717) is 12.6 Å². The molecule has 0 saturated heterocycles. The van der Waals surface area contributed by atoms with Crippen molar-refractivity contribution in [1.82, 2.24) is 5.32 Å². The van der Waals surface area contributed by atoms with Crippen LogP contribution in [0, 0.1) is 0 Å². The number of hydrogen-bond acceptors (Lipinski definition) is 3. The van der Waals surface area contributed by atoms with Crippen molar-refractivity contribution < 1.29 is 0 Å². The van der Waals surface area contributed by atoms with Crippen molar-refractivity contribution in [3.8, 4) is 0 Å². The highest BCUT2D eigenvalue weighted by molar-refractivity contribution is 5.15. The average Bonchev–Trinajstić information content (AvgIpc) is 2.29. The van der Waals surface area contributed by atoms with Crippen molar-refractivity contribution in [3.05, 3.63) is 35.9 Å². The molecule has 0 radical (unpaired) electrons. The molecule has 1 aromatic carbocycles. The van der Waals surface area contributed by atoms with E-state index in [1.54, 1.807) is 0 Å². The highest BCUT2D eigenvalue weighted by Gasteiger charge is 2.05. The second kappa shape index (κ2) is 7.40. The van der Waals surface area contributed by atoms with Gasteiger partial charge in [0.15, 0.2) is 0 Å². The number of rotatable bonds is 7. The zero-order valence-corrected chi connectivity index (χ0v) is 9.15. The standard InChI is InChI=1S/C12H21N3/c13-7-4-8-15-12(10-14)9-11-5-2-1-3-6-11/h1-3,5-6,12,15H,4,7-10,13-14H2. The van der Waals surface area contributed by atoms with E-state index >= 15 is 0 Å². The fraction of sp³-hybridized carbons (Fsp3) is 0.500. The molecule has 84 valence electrons. The summed E-state index contributed by atoms with van der Waals surface area (Å²) in [5.74, 6) is 0. The van der Waals surface area contributed by atoms with Gasteiger partial charge in [-0.05, 0) is 31.5 Å². The number of hydrogen-bond donors (Lipinski definition) is 3. The summed E-state index contributed by atoms with van der Waals surface area (Å²) in [5.41, 5.74) is 12.5. The first kappa shape index (κ1) is 12.2. The minimum Gasteiger partial charge on any atom is -0.330 e. The van der Waals surface area contributed by atoms with Gasteiger partial charge in [0.2, 0.25) is 0 Å². The maximum Gasteiger partial charge on any atom is 0.0230 e. The average molecular weight is 207 g/mol. The van der Waals surface area contributed by atoms with Crippen molar-refractivity contribution in [2.75, 3.05) is 19.6 Å². The number of benzene rings is 1. The molecule has 0 aliphatic carbocycles. The summed E-state index contributed by atoms with van der Waals surface area (Å²) in [6, 6.07) is 10.8. The van der Waals surface area contributed by atoms with Crippen LogP contribution in [0.15, 0.2) is 30.3 Å². The van der Waals surface area contributed by atoms with E-state index in [4.69, 9.17) is 11.5 Å². The van der Waals surface area contributed by atoms with Crippen LogP contribution in [0.1, 0.15) is 12.0 Å². The third-order valence-electron chi connectivity index (χ3n) is 2.42. The summed E-state index contributed by atoms with van der Waals surface area (Å²) in [5, 5.41) is 3.41. The molecule has 1 rings (SSSR count). The van der Waals surface area contributed by atoms with Crippen LogP contribution in [0.5, 0.6) is 0 Å². The molecular formula is C12H21N3. The Morgan fingerprint density at radius 1 is 1.13 bits per heavy atom. The van der Waals surface area contributed by atoms with Crippen LogP contribution >= 0.6 is 0 Å². The fourth-order valence-corrected chi connectivity index (χ4v) is 1.55. The molecule has 0 amide bonds. The second-order valence-electron chi connectivity index (χ2n) is 3.72. The van der Waals surface area contributed by atoms with Crippen molar-refractivity contribution in [2.45, 2.75) is 18.9 Å². The van der Waals surface area contributed by atoms with Crippen molar-refractivity contribution in [2.24, 2.45) is 11.5 Å². The van der Waals surface area contributed by atoms with Gasteiger partial charge in [-0.15, -0.1) is 0 Å². The Morgan fingerprint density at radius 3 is 2.47 bits per heavy atom. The molecule has 3 heteroatoms. The van der Waals surface area contributed by atoms with E-state index in [-0.39, 0.29) is 0 Å². The summed E-state index contributed by atoms with van der Waals surface area (Å²) >= 11 is 0. The summed E-state index contributed by atoms with van der Waals surface area (Å²) < 4.78 is 0. The number of nitrogens with two attached hydrogens (primary N) is 2. The summed E-state index contributed by atoms with van der Waals surface area (Å²) in [6.45, 7) is 2.35. The van der Waals surface area contributed by atoms with Gasteiger partial charge in [-0.2, -0.15) is 0 Å². The van der Waals surface area contributed by atoms with Crippen LogP contribution in [-0.2, 0) is 6.42 Å². The molecule has 0 aliphatic rings. The van der Waals surface area contributed by atoms with Crippen molar-refractivity contribution in [3.63, 3.8) is 0 Å². The lowest BCUT2D eigenvalue weighted by atomic mass is 10.1. The Morgan fingerprint density at radius 2 is 1.87 bits per heavy atom. The summed E-state index contributed by atoms with van der Waals surface area (Å²) in [4.78, 5) is 0. The van der Waals surface area contributed by atoms with Crippen LogP contribution in [0.4, 0.5) is 0 Å². The molecule has 0 saturated carbocycles. The molecule has 0 aromatic heterocycles. The Bertz CT molecular complexity index is 248. The van der Waals surface area contributed by atoms with Crippen LogP contribution in [0.2, 0.25) is 0 Å². The van der Waals surface area contributed by atoms with E-state index in [0.717, 1.165) is 25.9 Å². The van der Waals surface area contributed by atoms with Gasteiger partial charge in [-0.3, -0.25) is 0 Å². The Labute approximate surface area is 91.9 Å². The minimum absolute atomic E-state index is 0.360. The largest absolute Gasteiger partial charge is 0.330 e. The van der Waals surface area contributed by atoms with Crippen molar-refractivity contribution >= 4 is 0 Å². The van der Waals surface area contributed by atoms with Gasteiger partial charge in [-0.1, -0.05) is 30.3 Å². The summed E-state index contributed by atoms with van der Waals surface area (Å²) in [7, 11) is 0. The van der Waals surface area contributed by atoms with Gasteiger partial charge < -0.3 is 16.8 Å². The first-order chi connectivity index (χ1) is 7.36. The number of nitrogens with one attached hydrogen (secondary N) is 1. The lowest BCUT2D eigenvalue weighted by molar-refractivity contribution is 0.510. The second-order valence-corrected chi connectivity index (χ2v) is 3.72. The topological polar surface area (TPSA) is 64.1 Å². The molecule has 15 heavy (non-hydrogen) atoms. The van der Waals surface area contributed by atoms with Crippen LogP contribution < -0.4 is 16.8 Å². The van der Waals surface area contributed by atoms with Crippen LogP contribution in [0.3, 0.4) is 0 Å². The molecule has 0 heterocycles. The lowest BCUT2D eigenvalue weighted by Crippen LogP contribution is -2.38. The quantitative estimate of drug-likeness (QED) is 0.570. The predicted molar refractivity (Wildman–Crippen MR) is 64.7 cm³/mol. The van der Waals surface area contributed by atoms with Crippen LogP contribution in [0.25, 0.3) is 0 Å². The summed E-state index contributed by atoms with van der Waals surface area (Å²) in [6.07, 6.45) is 1.99. The Hall–Kier alpha value is -0.900. The molecule has 0 aliphatic heterocycles.